The quantitative estimate of drug-likeness (QED) is 0.753. The van der Waals surface area contributed by atoms with E-state index in [1.54, 1.807) is 24.3 Å². The second-order valence-corrected chi connectivity index (χ2v) is 6.68. The predicted molar refractivity (Wildman–Crippen MR) is 88.9 cm³/mol. The van der Waals surface area contributed by atoms with Crippen LogP contribution in [-0.2, 0) is 10.0 Å². The molecule has 0 saturated heterocycles. The summed E-state index contributed by atoms with van der Waals surface area (Å²) in [7, 11) is -3.62. The molecule has 6 heteroatoms. The van der Waals surface area contributed by atoms with Crippen molar-refractivity contribution in [2.24, 2.45) is 0 Å². The summed E-state index contributed by atoms with van der Waals surface area (Å²) in [5, 5.41) is 17.3. The highest BCUT2D eigenvalue weighted by Gasteiger charge is 2.23. The molecule has 0 heterocycles. The summed E-state index contributed by atoms with van der Waals surface area (Å²) >= 11 is 0. The molecule has 23 heavy (non-hydrogen) atoms. The first-order valence-corrected chi connectivity index (χ1v) is 8.66. The lowest BCUT2D eigenvalue weighted by molar-refractivity contribution is 0.350. The van der Waals surface area contributed by atoms with E-state index in [0.717, 1.165) is 5.56 Å². The molecule has 0 saturated carbocycles. The standard InChI is InChI=1S/C17H21NO4S/c1-16-8-10-17(11-9-16)23(21,22)18(12-4-2-6-14-19)13-5-3-7-15-20/h8-11,19-20H,4-5,12-15H2,1H3. The first kappa shape index (κ1) is 19.2. The largest absolute Gasteiger partial charge is 0.384 e. The first-order valence-electron chi connectivity index (χ1n) is 7.22. The van der Waals surface area contributed by atoms with Crippen molar-refractivity contribution in [3.8, 4) is 23.7 Å². The zero-order chi connectivity index (χ0) is 17.1. The van der Waals surface area contributed by atoms with Gasteiger partial charge in [0.2, 0.25) is 10.0 Å². The summed E-state index contributed by atoms with van der Waals surface area (Å²) < 4.78 is 26.7. The highest BCUT2D eigenvalue weighted by molar-refractivity contribution is 7.89. The summed E-state index contributed by atoms with van der Waals surface area (Å²) in [6.07, 6.45) is 0.665. The average molecular weight is 335 g/mol. The Balaban J connectivity index is 2.92. The van der Waals surface area contributed by atoms with Gasteiger partial charge in [-0.05, 0) is 19.1 Å². The van der Waals surface area contributed by atoms with E-state index >= 15 is 0 Å². The highest BCUT2D eigenvalue weighted by atomic mass is 32.2. The van der Waals surface area contributed by atoms with Crippen LogP contribution in [0.1, 0.15) is 18.4 Å². The Bertz CT molecular complexity index is 677. The van der Waals surface area contributed by atoms with Crippen LogP contribution in [0.4, 0.5) is 0 Å². The van der Waals surface area contributed by atoms with Crippen LogP contribution >= 0.6 is 0 Å². The molecule has 2 N–H and O–H groups in total. The highest BCUT2D eigenvalue weighted by Crippen LogP contribution is 2.17. The van der Waals surface area contributed by atoms with Crippen molar-refractivity contribution in [3.63, 3.8) is 0 Å². The molecule has 0 bridgehead atoms. The van der Waals surface area contributed by atoms with E-state index in [0.29, 0.717) is 12.8 Å². The minimum Gasteiger partial charge on any atom is -0.384 e. The maximum atomic E-state index is 12.7. The molecule has 5 nitrogen and oxygen atoms in total. The van der Waals surface area contributed by atoms with Crippen LogP contribution in [0.2, 0.25) is 0 Å². The van der Waals surface area contributed by atoms with Crippen LogP contribution in [0.5, 0.6) is 0 Å². The van der Waals surface area contributed by atoms with E-state index in [-0.39, 0.29) is 31.2 Å². The Labute approximate surface area is 138 Å². The lowest BCUT2D eigenvalue weighted by Gasteiger charge is -2.20. The van der Waals surface area contributed by atoms with E-state index in [1.165, 1.54) is 4.31 Å². The number of hydrogen-bond donors (Lipinski definition) is 2. The van der Waals surface area contributed by atoms with Crippen LogP contribution in [-0.4, -0.2) is 49.2 Å². The lowest BCUT2D eigenvalue weighted by atomic mass is 10.2. The van der Waals surface area contributed by atoms with E-state index in [9.17, 15) is 8.42 Å². The van der Waals surface area contributed by atoms with Gasteiger partial charge in [-0.3, -0.25) is 0 Å². The first-order chi connectivity index (χ1) is 11.0. The second kappa shape index (κ2) is 10.0. The number of sulfonamides is 1. The molecule has 0 radical (unpaired) electrons. The summed E-state index contributed by atoms with van der Waals surface area (Å²) in [6.45, 7) is 1.86. The fraction of sp³-hybridized carbons (Fsp3) is 0.412. The monoisotopic (exact) mass is 335 g/mol. The number of benzene rings is 1. The van der Waals surface area contributed by atoms with E-state index < -0.39 is 10.0 Å². The van der Waals surface area contributed by atoms with Gasteiger partial charge in [-0.2, -0.15) is 4.31 Å². The van der Waals surface area contributed by atoms with Crippen molar-refractivity contribution in [1.82, 2.24) is 4.31 Å². The molecule has 0 aromatic heterocycles. The van der Waals surface area contributed by atoms with E-state index in [2.05, 4.69) is 23.7 Å². The van der Waals surface area contributed by atoms with Gasteiger partial charge < -0.3 is 10.2 Å². The third kappa shape index (κ3) is 6.43. The lowest BCUT2D eigenvalue weighted by Crippen LogP contribution is -2.32. The Kier molecular flexibility index (Phi) is 8.39. The Hall–Kier alpha value is -1.83. The molecular formula is C17H21NO4S. The van der Waals surface area contributed by atoms with Gasteiger partial charge in [-0.1, -0.05) is 41.4 Å². The van der Waals surface area contributed by atoms with E-state index in [1.807, 2.05) is 6.92 Å². The number of aryl methyl sites for hydroxylation is 1. The molecule has 0 aliphatic heterocycles. The second-order valence-electron chi connectivity index (χ2n) is 4.74. The number of aliphatic hydroxyl groups excluding tert-OH is 2. The van der Waals surface area contributed by atoms with Gasteiger partial charge in [0.1, 0.15) is 13.2 Å². The summed E-state index contributed by atoms with van der Waals surface area (Å²) in [5.41, 5.74) is 0.984. The molecule has 124 valence electrons. The molecule has 0 spiro atoms. The van der Waals surface area contributed by atoms with Gasteiger partial charge in [0.05, 0.1) is 4.90 Å². The molecule has 1 aromatic carbocycles. The minimum atomic E-state index is -3.62. The maximum absolute atomic E-state index is 12.7. The molecular weight excluding hydrogens is 314 g/mol. The molecule has 0 fully saturated rings. The number of aliphatic hydroxyl groups is 2. The van der Waals surface area contributed by atoms with Gasteiger partial charge in [-0.15, -0.1) is 0 Å². The van der Waals surface area contributed by atoms with Crippen LogP contribution in [0, 0.1) is 30.6 Å². The van der Waals surface area contributed by atoms with Crippen LogP contribution in [0.25, 0.3) is 0 Å². The van der Waals surface area contributed by atoms with Gasteiger partial charge in [-0.25, -0.2) is 8.42 Å². The van der Waals surface area contributed by atoms with Crippen molar-refractivity contribution in [1.29, 1.82) is 0 Å². The zero-order valence-corrected chi connectivity index (χ0v) is 13.9. The zero-order valence-electron chi connectivity index (χ0n) is 13.1. The van der Waals surface area contributed by atoms with Gasteiger partial charge in [0.25, 0.3) is 0 Å². The number of nitrogens with zero attached hydrogens (tertiary/aromatic N) is 1. The SMILES string of the molecule is Cc1ccc(S(=O)(=O)N(CCC#CCO)CCC#CCO)cc1. The summed E-state index contributed by atoms with van der Waals surface area (Å²) in [6, 6.07) is 6.66. The molecule has 0 amide bonds. The topological polar surface area (TPSA) is 77.8 Å². The maximum Gasteiger partial charge on any atom is 0.243 e. The normalized spacial score (nSPS) is 10.6. The fourth-order valence-electron chi connectivity index (χ4n) is 1.86. The van der Waals surface area contributed by atoms with Crippen LogP contribution in [0.3, 0.4) is 0 Å². The Morgan fingerprint density at radius 2 is 1.39 bits per heavy atom. The summed E-state index contributed by atoms with van der Waals surface area (Å²) in [5.74, 6) is 10.4. The third-order valence-electron chi connectivity index (χ3n) is 3.04. The van der Waals surface area contributed by atoms with Crippen molar-refractivity contribution in [3.05, 3.63) is 29.8 Å². The molecule has 0 unspecified atom stereocenters. The van der Waals surface area contributed by atoms with Crippen molar-refractivity contribution in [2.45, 2.75) is 24.7 Å². The van der Waals surface area contributed by atoms with Crippen molar-refractivity contribution >= 4 is 10.0 Å². The average Bonchev–Trinajstić information content (AvgIpc) is 2.53. The number of hydrogen-bond acceptors (Lipinski definition) is 4. The molecule has 1 aromatic rings. The van der Waals surface area contributed by atoms with Crippen molar-refractivity contribution < 1.29 is 18.6 Å². The minimum absolute atomic E-state index is 0.226. The van der Waals surface area contributed by atoms with Crippen molar-refractivity contribution in [2.75, 3.05) is 26.3 Å². The van der Waals surface area contributed by atoms with Crippen LogP contribution in [0.15, 0.2) is 29.2 Å². The molecule has 0 atom stereocenters. The summed E-state index contributed by atoms with van der Waals surface area (Å²) in [4.78, 5) is 0.230. The van der Waals surface area contributed by atoms with Gasteiger partial charge in [0, 0.05) is 25.9 Å². The van der Waals surface area contributed by atoms with E-state index in [4.69, 9.17) is 10.2 Å². The molecule has 0 aliphatic carbocycles. The van der Waals surface area contributed by atoms with Gasteiger partial charge >= 0.3 is 0 Å². The van der Waals surface area contributed by atoms with Crippen LogP contribution < -0.4 is 0 Å². The Morgan fingerprint density at radius 3 is 1.83 bits per heavy atom. The smallest absolute Gasteiger partial charge is 0.243 e. The number of rotatable bonds is 6. The molecule has 1 rings (SSSR count). The predicted octanol–water partition coefficient (Wildman–Crippen LogP) is 0.757. The van der Waals surface area contributed by atoms with Gasteiger partial charge in [0.15, 0.2) is 0 Å². The molecule has 0 aliphatic rings. The fourth-order valence-corrected chi connectivity index (χ4v) is 3.30. The third-order valence-corrected chi connectivity index (χ3v) is 4.95. The Morgan fingerprint density at radius 1 is 0.913 bits per heavy atom.